The number of nitriles is 1. The van der Waals surface area contributed by atoms with Crippen molar-refractivity contribution in [2.75, 3.05) is 18.6 Å². The molecule has 0 bridgehead atoms. The van der Waals surface area contributed by atoms with Gasteiger partial charge >= 0.3 is 0 Å². The highest BCUT2D eigenvalue weighted by molar-refractivity contribution is 7.98. The lowest BCUT2D eigenvalue weighted by atomic mass is 9.85. The SMILES string of the molecule is CSCC(C)(O)CNC1CCCCC1C#N. The van der Waals surface area contributed by atoms with E-state index in [2.05, 4.69) is 11.4 Å². The fraction of sp³-hybridized carbons (Fsp3) is 0.917. The third-order valence-corrected chi connectivity index (χ3v) is 4.04. The minimum atomic E-state index is -0.670. The highest BCUT2D eigenvalue weighted by atomic mass is 32.2. The second-order valence-corrected chi connectivity index (χ2v) is 5.80. The number of rotatable bonds is 5. The van der Waals surface area contributed by atoms with Crippen LogP contribution in [-0.2, 0) is 0 Å². The molecule has 1 aliphatic carbocycles. The Morgan fingerprint density at radius 1 is 1.50 bits per heavy atom. The van der Waals surface area contributed by atoms with Crippen molar-refractivity contribution < 1.29 is 5.11 Å². The molecule has 3 atom stereocenters. The van der Waals surface area contributed by atoms with Crippen LogP contribution in [0.2, 0.25) is 0 Å². The van der Waals surface area contributed by atoms with Crippen molar-refractivity contribution in [1.29, 1.82) is 5.26 Å². The average molecular weight is 242 g/mol. The number of nitrogens with one attached hydrogen (secondary N) is 1. The molecule has 0 heterocycles. The van der Waals surface area contributed by atoms with Crippen molar-refractivity contribution in [2.45, 2.75) is 44.2 Å². The maximum atomic E-state index is 10.0. The van der Waals surface area contributed by atoms with E-state index >= 15 is 0 Å². The number of hydrogen-bond acceptors (Lipinski definition) is 4. The van der Waals surface area contributed by atoms with Crippen molar-refractivity contribution in [3.05, 3.63) is 0 Å². The summed E-state index contributed by atoms with van der Waals surface area (Å²) in [5, 5.41) is 22.4. The molecule has 0 aromatic heterocycles. The Balaban J connectivity index is 2.38. The number of nitrogens with zero attached hydrogens (tertiary/aromatic N) is 1. The van der Waals surface area contributed by atoms with E-state index in [9.17, 15) is 5.11 Å². The summed E-state index contributed by atoms with van der Waals surface area (Å²) in [5.74, 6) is 0.850. The van der Waals surface area contributed by atoms with Crippen molar-refractivity contribution >= 4 is 11.8 Å². The van der Waals surface area contributed by atoms with Crippen LogP contribution < -0.4 is 5.32 Å². The zero-order chi connectivity index (χ0) is 12.0. The van der Waals surface area contributed by atoms with Gasteiger partial charge in [-0.1, -0.05) is 12.8 Å². The van der Waals surface area contributed by atoms with Gasteiger partial charge in [-0.2, -0.15) is 17.0 Å². The van der Waals surface area contributed by atoms with E-state index in [-0.39, 0.29) is 12.0 Å². The van der Waals surface area contributed by atoms with Crippen LogP contribution >= 0.6 is 11.8 Å². The lowest BCUT2D eigenvalue weighted by molar-refractivity contribution is 0.0774. The van der Waals surface area contributed by atoms with Crippen molar-refractivity contribution in [3.8, 4) is 6.07 Å². The van der Waals surface area contributed by atoms with E-state index in [1.807, 2.05) is 13.2 Å². The van der Waals surface area contributed by atoms with Crippen LogP contribution in [0, 0.1) is 17.2 Å². The molecule has 0 saturated heterocycles. The van der Waals surface area contributed by atoms with E-state index in [4.69, 9.17) is 5.26 Å². The molecule has 92 valence electrons. The van der Waals surface area contributed by atoms with Crippen LogP contribution in [0.25, 0.3) is 0 Å². The van der Waals surface area contributed by atoms with Gasteiger partial charge in [0.2, 0.25) is 0 Å². The number of aliphatic hydroxyl groups is 1. The molecule has 3 unspecified atom stereocenters. The third kappa shape index (κ3) is 4.32. The largest absolute Gasteiger partial charge is 0.388 e. The van der Waals surface area contributed by atoms with Crippen LogP contribution in [-0.4, -0.2) is 35.3 Å². The highest BCUT2D eigenvalue weighted by Gasteiger charge is 2.27. The quantitative estimate of drug-likeness (QED) is 0.771. The van der Waals surface area contributed by atoms with Crippen LogP contribution in [0.5, 0.6) is 0 Å². The summed E-state index contributed by atoms with van der Waals surface area (Å²) in [6, 6.07) is 2.64. The predicted molar refractivity (Wildman–Crippen MR) is 68.4 cm³/mol. The average Bonchev–Trinajstić information content (AvgIpc) is 2.27. The Morgan fingerprint density at radius 2 is 2.19 bits per heavy atom. The topological polar surface area (TPSA) is 56.0 Å². The normalized spacial score (nSPS) is 29.4. The summed E-state index contributed by atoms with van der Waals surface area (Å²) in [6.45, 7) is 2.43. The molecule has 1 aliphatic rings. The molecule has 2 N–H and O–H groups in total. The van der Waals surface area contributed by atoms with Crippen LogP contribution in [0.1, 0.15) is 32.6 Å². The van der Waals surface area contributed by atoms with Gasteiger partial charge in [0, 0.05) is 18.3 Å². The van der Waals surface area contributed by atoms with Gasteiger partial charge in [0.05, 0.1) is 17.6 Å². The smallest absolute Gasteiger partial charge is 0.0833 e. The Morgan fingerprint density at radius 3 is 2.81 bits per heavy atom. The molecule has 1 saturated carbocycles. The Kier molecular flexibility index (Phi) is 5.60. The summed E-state index contributed by atoms with van der Waals surface area (Å²) >= 11 is 1.65. The van der Waals surface area contributed by atoms with E-state index in [0.717, 1.165) is 25.0 Å². The van der Waals surface area contributed by atoms with Gasteiger partial charge in [0.15, 0.2) is 0 Å². The predicted octanol–water partition coefficient (Wildman–Crippen LogP) is 1.77. The first-order valence-electron chi connectivity index (χ1n) is 5.93. The first-order valence-corrected chi connectivity index (χ1v) is 7.33. The molecule has 0 aliphatic heterocycles. The van der Waals surface area contributed by atoms with Crippen LogP contribution in [0.15, 0.2) is 0 Å². The molecule has 0 radical (unpaired) electrons. The van der Waals surface area contributed by atoms with E-state index in [0.29, 0.717) is 6.54 Å². The molecule has 0 amide bonds. The van der Waals surface area contributed by atoms with Gasteiger partial charge in [-0.15, -0.1) is 0 Å². The second kappa shape index (κ2) is 6.48. The van der Waals surface area contributed by atoms with Gasteiger partial charge in [0.1, 0.15) is 0 Å². The van der Waals surface area contributed by atoms with Crippen LogP contribution in [0.3, 0.4) is 0 Å². The monoisotopic (exact) mass is 242 g/mol. The molecular formula is C12H22N2OS. The van der Waals surface area contributed by atoms with E-state index in [1.165, 1.54) is 6.42 Å². The van der Waals surface area contributed by atoms with Gasteiger partial charge in [-0.25, -0.2) is 0 Å². The molecule has 0 aromatic rings. The maximum Gasteiger partial charge on any atom is 0.0833 e. The summed E-state index contributed by atoms with van der Waals surface area (Å²) in [6.07, 6.45) is 6.41. The molecular weight excluding hydrogens is 220 g/mol. The number of hydrogen-bond donors (Lipinski definition) is 2. The van der Waals surface area contributed by atoms with Crippen molar-refractivity contribution in [1.82, 2.24) is 5.32 Å². The minimum absolute atomic E-state index is 0.124. The number of thioether (sulfide) groups is 1. The van der Waals surface area contributed by atoms with Crippen molar-refractivity contribution in [2.24, 2.45) is 5.92 Å². The molecule has 3 nitrogen and oxygen atoms in total. The first-order chi connectivity index (χ1) is 7.59. The Labute approximate surface area is 103 Å². The van der Waals surface area contributed by atoms with Crippen molar-refractivity contribution in [3.63, 3.8) is 0 Å². The first kappa shape index (κ1) is 13.8. The molecule has 4 heteroatoms. The minimum Gasteiger partial charge on any atom is -0.388 e. The third-order valence-electron chi connectivity index (χ3n) is 3.13. The highest BCUT2D eigenvalue weighted by Crippen LogP contribution is 2.24. The molecule has 16 heavy (non-hydrogen) atoms. The Hall–Kier alpha value is -0.240. The zero-order valence-corrected chi connectivity index (χ0v) is 11.0. The molecule has 1 rings (SSSR count). The summed E-state index contributed by atoms with van der Waals surface area (Å²) in [5.41, 5.74) is -0.670. The fourth-order valence-corrected chi connectivity index (χ4v) is 2.97. The van der Waals surface area contributed by atoms with Gasteiger partial charge in [-0.3, -0.25) is 0 Å². The van der Waals surface area contributed by atoms with E-state index in [1.54, 1.807) is 11.8 Å². The molecule has 0 spiro atoms. The zero-order valence-electron chi connectivity index (χ0n) is 10.2. The van der Waals surface area contributed by atoms with Gasteiger partial charge in [0.25, 0.3) is 0 Å². The second-order valence-electron chi connectivity index (χ2n) is 4.94. The van der Waals surface area contributed by atoms with E-state index < -0.39 is 5.60 Å². The lowest BCUT2D eigenvalue weighted by Gasteiger charge is -2.31. The summed E-state index contributed by atoms with van der Waals surface area (Å²) < 4.78 is 0. The van der Waals surface area contributed by atoms with Crippen LogP contribution in [0.4, 0.5) is 0 Å². The standard InChI is InChI=1S/C12H22N2OS/c1-12(15,9-16-2)8-14-11-6-4-3-5-10(11)7-13/h10-11,14-15H,3-6,8-9H2,1-2H3. The van der Waals surface area contributed by atoms with Gasteiger partial charge in [-0.05, 0) is 26.0 Å². The fourth-order valence-electron chi connectivity index (χ4n) is 2.24. The summed E-state index contributed by atoms with van der Waals surface area (Å²) in [4.78, 5) is 0. The molecule has 1 fully saturated rings. The molecule has 0 aromatic carbocycles. The summed E-state index contributed by atoms with van der Waals surface area (Å²) in [7, 11) is 0. The lowest BCUT2D eigenvalue weighted by Crippen LogP contribution is -2.47. The van der Waals surface area contributed by atoms with Gasteiger partial charge < -0.3 is 10.4 Å². The maximum absolute atomic E-state index is 10.0. The Bertz CT molecular complexity index is 250.